The molecule has 1 amide bonds. The number of rotatable bonds is 8. The van der Waals surface area contributed by atoms with Crippen molar-refractivity contribution < 1.29 is 9.53 Å². The molecule has 0 aliphatic rings. The van der Waals surface area contributed by atoms with Crippen molar-refractivity contribution in [2.75, 3.05) is 13.1 Å². The van der Waals surface area contributed by atoms with E-state index in [0.29, 0.717) is 19.0 Å². The molecule has 1 heterocycles. The summed E-state index contributed by atoms with van der Waals surface area (Å²) in [4.78, 5) is 21.2. The molecule has 1 aromatic carbocycles. The summed E-state index contributed by atoms with van der Waals surface area (Å²) in [5.41, 5.74) is 0.154. The molecule has 0 bridgehead atoms. The summed E-state index contributed by atoms with van der Waals surface area (Å²) >= 11 is 0. The molecule has 31 heavy (non-hydrogen) atoms. The van der Waals surface area contributed by atoms with Gasteiger partial charge < -0.3 is 25.3 Å². The molecule has 0 unspecified atom stereocenters. The van der Waals surface area contributed by atoms with E-state index < -0.39 is 17.2 Å². The molecule has 1 aromatic heterocycles. The van der Waals surface area contributed by atoms with Crippen LogP contribution in [0.1, 0.15) is 52.9 Å². The summed E-state index contributed by atoms with van der Waals surface area (Å²) in [6.45, 7) is 13.8. The van der Waals surface area contributed by atoms with Crippen molar-refractivity contribution in [2.45, 2.75) is 65.8 Å². The smallest absolute Gasteiger partial charge is 0.408 e. The highest BCUT2D eigenvalue weighted by Gasteiger charge is 2.24. The minimum atomic E-state index is -0.536. The first-order chi connectivity index (χ1) is 14.6. The van der Waals surface area contributed by atoms with Crippen molar-refractivity contribution in [3.8, 4) is 0 Å². The molecule has 0 saturated heterocycles. The molecule has 0 atom stereocenters. The third kappa shape index (κ3) is 9.11. The summed E-state index contributed by atoms with van der Waals surface area (Å²) in [7, 11) is 0. The van der Waals surface area contributed by atoms with Gasteiger partial charge in [-0.15, -0.1) is 0 Å². The predicted octanol–water partition coefficient (Wildman–Crippen LogP) is 3.29. The zero-order valence-corrected chi connectivity index (χ0v) is 19.5. The average Bonchev–Trinajstić information content (AvgIpc) is 3.10. The van der Waals surface area contributed by atoms with Gasteiger partial charge >= 0.3 is 6.09 Å². The van der Waals surface area contributed by atoms with Crippen LogP contribution in [0.5, 0.6) is 0 Å². The van der Waals surface area contributed by atoms with E-state index in [1.165, 1.54) is 5.56 Å². The maximum Gasteiger partial charge on any atom is 0.408 e. The van der Waals surface area contributed by atoms with E-state index in [9.17, 15) is 4.79 Å². The zero-order chi connectivity index (χ0) is 22.9. The first-order valence-electron chi connectivity index (χ1n) is 10.7. The van der Waals surface area contributed by atoms with E-state index in [-0.39, 0.29) is 0 Å². The molecule has 2 aromatic rings. The number of aromatic nitrogens is 2. The van der Waals surface area contributed by atoms with Crippen molar-refractivity contribution in [1.82, 2.24) is 25.5 Å². The second-order valence-electron chi connectivity index (χ2n) is 9.02. The van der Waals surface area contributed by atoms with Crippen molar-refractivity contribution in [3.63, 3.8) is 0 Å². The lowest BCUT2D eigenvalue weighted by Gasteiger charge is -2.29. The maximum atomic E-state index is 12.1. The fourth-order valence-corrected chi connectivity index (χ4v) is 2.84. The van der Waals surface area contributed by atoms with Gasteiger partial charge in [-0.05, 0) is 47.1 Å². The Labute approximate surface area is 185 Å². The number of ether oxygens (including phenoxy) is 1. The zero-order valence-electron chi connectivity index (χ0n) is 19.5. The van der Waals surface area contributed by atoms with Crippen molar-refractivity contribution in [3.05, 3.63) is 54.1 Å². The number of nitrogens with zero attached hydrogens (tertiary/aromatic N) is 3. The van der Waals surface area contributed by atoms with Crippen LogP contribution in [0.4, 0.5) is 4.79 Å². The molecule has 3 N–H and O–H groups in total. The van der Waals surface area contributed by atoms with Crippen molar-refractivity contribution in [1.29, 1.82) is 0 Å². The van der Waals surface area contributed by atoms with Crippen molar-refractivity contribution in [2.24, 2.45) is 4.99 Å². The number of aliphatic imine (C=N–C) groups is 1. The van der Waals surface area contributed by atoms with Gasteiger partial charge in [0.2, 0.25) is 0 Å². The van der Waals surface area contributed by atoms with E-state index in [4.69, 9.17) is 4.74 Å². The molecule has 8 nitrogen and oxygen atoms in total. The molecule has 0 fully saturated rings. The summed E-state index contributed by atoms with van der Waals surface area (Å²) < 4.78 is 7.45. The van der Waals surface area contributed by atoms with Crippen LogP contribution < -0.4 is 16.0 Å². The van der Waals surface area contributed by atoms with E-state index in [2.05, 4.69) is 42.6 Å². The molecule has 0 aliphatic carbocycles. The maximum absolute atomic E-state index is 12.1. The molecule has 0 aliphatic heterocycles. The summed E-state index contributed by atoms with van der Waals surface area (Å²) in [5, 5.41) is 9.42. The van der Waals surface area contributed by atoms with E-state index in [1.54, 1.807) is 6.20 Å². The molecule has 8 heteroatoms. The Kier molecular flexibility index (Phi) is 8.47. The van der Waals surface area contributed by atoms with Crippen LogP contribution in [0, 0.1) is 0 Å². The monoisotopic (exact) mass is 428 g/mol. The Morgan fingerprint density at radius 2 is 1.84 bits per heavy atom. The van der Waals surface area contributed by atoms with Crippen LogP contribution in [0.15, 0.2) is 47.7 Å². The second-order valence-corrected chi connectivity index (χ2v) is 9.02. The Morgan fingerprint density at radius 3 is 2.48 bits per heavy atom. The quantitative estimate of drug-likeness (QED) is 0.443. The molecule has 0 saturated carbocycles. The number of hydrogen-bond donors (Lipinski definition) is 3. The summed E-state index contributed by atoms with van der Waals surface area (Å²) in [6, 6.07) is 10.3. The number of amides is 1. The molecule has 0 radical (unpaired) electrons. The molecular weight excluding hydrogens is 392 g/mol. The van der Waals surface area contributed by atoms with E-state index in [1.807, 2.05) is 65.9 Å². The topological polar surface area (TPSA) is 92.6 Å². The fourth-order valence-electron chi connectivity index (χ4n) is 2.84. The fraction of sp³-hybridized carbons (Fsp3) is 0.522. The number of benzene rings is 1. The van der Waals surface area contributed by atoms with E-state index in [0.717, 1.165) is 18.9 Å². The first-order valence-corrected chi connectivity index (χ1v) is 10.7. The van der Waals surface area contributed by atoms with Gasteiger partial charge in [-0.25, -0.2) is 14.8 Å². The van der Waals surface area contributed by atoms with Gasteiger partial charge in [0.05, 0.1) is 5.54 Å². The lowest BCUT2D eigenvalue weighted by atomic mass is 10.1. The van der Waals surface area contributed by atoms with Crippen molar-refractivity contribution >= 4 is 12.1 Å². The predicted molar refractivity (Wildman–Crippen MR) is 124 cm³/mol. The Hall–Kier alpha value is -3.03. The highest BCUT2D eigenvalue weighted by molar-refractivity contribution is 5.80. The van der Waals surface area contributed by atoms with Crippen LogP contribution in [0.25, 0.3) is 0 Å². The second kappa shape index (κ2) is 10.8. The number of nitrogens with one attached hydrogen (secondary N) is 3. The lowest BCUT2D eigenvalue weighted by Crippen LogP contribution is -2.54. The molecular formula is C23H36N6O2. The van der Waals surface area contributed by atoms with E-state index >= 15 is 0 Å². The molecule has 0 spiro atoms. The highest BCUT2D eigenvalue weighted by atomic mass is 16.6. The van der Waals surface area contributed by atoms with Gasteiger partial charge in [-0.3, -0.25) is 0 Å². The minimum Gasteiger partial charge on any atom is -0.444 e. The average molecular weight is 429 g/mol. The Balaban J connectivity index is 1.96. The summed E-state index contributed by atoms with van der Waals surface area (Å²) in [5.74, 6) is 1.54. The van der Waals surface area contributed by atoms with Gasteiger partial charge in [0, 0.05) is 32.0 Å². The molecule has 2 rings (SSSR count). The Morgan fingerprint density at radius 1 is 1.13 bits per heavy atom. The first kappa shape index (κ1) is 24.2. The van der Waals surface area contributed by atoms with Crippen LogP contribution in [0.2, 0.25) is 0 Å². The number of imidazole rings is 1. The third-order valence-electron chi connectivity index (χ3n) is 4.26. The van der Waals surface area contributed by atoms with Gasteiger partial charge in [-0.2, -0.15) is 0 Å². The summed E-state index contributed by atoms with van der Waals surface area (Å²) in [6.07, 6.45) is 3.32. The normalized spacial score (nSPS) is 12.4. The highest BCUT2D eigenvalue weighted by Crippen LogP contribution is 2.09. The largest absolute Gasteiger partial charge is 0.444 e. The van der Waals surface area contributed by atoms with Gasteiger partial charge in [0.1, 0.15) is 18.0 Å². The SMILES string of the molecule is CCNC(=NCc1nccn1Cc1ccccc1)NCC(C)(C)NC(=O)OC(C)(C)C. The number of carbonyl (C=O) groups is 1. The third-order valence-corrected chi connectivity index (χ3v) is 4.26. The van der Waals surface area contributed by atoms with Gasteiger partial charge in [0.25, 0.3) is 0 Å². The van der Waals surface area contributed by atoms with Crippen LogP contribution >= 0.6 is 0 Å². The number of hydrogen-bond acceptors (Lipinski definition) is 4. The van der Waals surface area contributed by atoms with Gasteiger partial charge in [-0.1, -0.05) is 30.3 Å². The molecule has 170 valence electrons. The van der Waals surface area contributed by atoms with Crippen LogP contribution in [-0.4, -0.2) is 45.8 Å². The number of alkyl carbamates (subject to hydrolysis) is 1. The lowest BCUT2D eigenvalue weighted by molar-refractivity contribution is 0.0474. The van der Waals surface area contributed by atoms with Gasteiger partial charge in [0.15, 0.2) is 5.96 Å². The Bertz CT molecular complexity index is 852. The number of guanidine groups is 1. The van der Waals surface area contributed by atoms with Crippen LogP contribution in [-0.2, 0) is 17.8 Å². The standard InChI is InChI=1S/C23H36N6O2/c1-7-24-20(27-17-23(5,6)28-21(30)31-22(2,3)4)26-15-19-25-13-14-29(19)16-18-11-9-8-10-12-18/h8-14H,7,15-17H2,1-6H3,(H,28,30)(H2,24,26,27). The number of carbonyl (C=O) groups excluding carboxylic acids is 1. The minimum absolute atomic E-state index is 0.440. The van der Waals surface area contributed by atoms with Crippen LogP contribution in [0.3, 0.4) is 0 Å².